The van der Waals surface area contributed by atoms with Gasteiger partial charge >= 0.3 is 5.97 Å². The van der Waals surface area contributed by atoms with E-state index in [0.717, 1.165) is 18.2 Å². The normalized spacial score (nSPS) is 11.2. The van der Waals surface area contributed by atoms with Crippen molar-refractivity contribution >= 4 is 27.5 Å². The zero-order valence-electron chi connectivity index (χ0n) is 20.1. The molecule has 1 heterocycles. The number of aromatic nitrogens is 1. The minimum Gasteiger partial charge on any atom is -0.507 e. The molecule has 3 aromatic carbocycles. The van der Waals surface area contributed by atoms with Crippen molar-refractivity contribution in [1.82, 2.24) is 5.16 Å². The molecular formula is C26H24FN3O7S. The SMILES string of the molecule is Cc1cc(NCCCOC(=O)c2ccc(NS(=O)(=O)c3cccc(-c4cc(F)ccc4O)c3)cc2O)no1. The Bertz CT molecular complexity index is 1570. The molecule has 0 radical (unpaired) electrons. The Hall–Kier alpha value is -4.58. The van der Waals surface area contributed by atoms with Gasteiger partial charge in [-0.05, 0) is 61.4 Å². The third-order valence-corrected chi connectivity index (χ3v) is 6.75. The number of nitrogens with one attached hydrogen (secondary N) is 2. The number of aromatic hydroxyl groups is 2. The van der Waals surface area contributed by atoms with Crippen molar-refractivity contribution in [3.63, 3.8) is 0 Å². The summed E-state index contributed by atoms with van der Waals surface area (Å²) in [6, 6.07) is 14.3. The van der Waals surface area contributed by atoms with E-state index in [9.17, 15) is 27.8 Å². The van der Waals surface area contributed by atoms with Gasteiger partial charge in [-0.25, -0.2) is 17.6 Å². The number of phenolic OH excluding ortho intramolecular Hbond substituents is 2. The molecule has 12 heteroatoms. The van der Waals surface area contributed by atoms with Crippen LogP contribution < -0.4 is 10.0 Å². The Balaban J connectivity index is 1.38. The average molecular weight is 542 g/mol. The van der Waals surface area contributed by atoms with Crippen LogP contribution in [-0.2, 0) is 14.8 Å². The van der Waals surface area contributed by atoms with Gasteiger partial charge in [0.05, 0.1) is 17.2 Å². The van der Waals surface area contributed by atoms with Crippen molar-refractivity contribution in [2.45, 2.75) is 18.2 Å². The predicted molar refractivity (Wildman–Crippen MR) is 137 cm³/mol. The van der Waals surface area contributed by atoms with Crippen LogP contribution in [0.15, 0.2) is 76.1 Å². The lowest BCUT2D eigenvalue weighted by Gasteiger charge is -2.12. The number of aryl methyl sites for hydroxylation is 1. The summed E-state index contributed by atoms with van der Waals surface area (Å²) in [5.74, 6) is -0.790. The van der Waals surface area contributed by atoms with Crippen molar-refractivity contribution < 1.29 is 37.1 Å². The summed E-state index contributed by atoms with van der Waals surface area (Å²) in [5, 5.41) is 27.1. The second-order valence-corrected chi connectivity index (χ2v) is 9.95. The van der Waals surface area contributed by atoms with E-state index in [2.05, 4.69) is 15.2 Å². The highest BCUT2D eigenvalue weighted by Crippen LogP contribution is 2.32. The molecule has 1 aromatic heterocycles. The number of rotatable bonds is 10. The summed E-state index contributed by atoms with van der Waals surface area (Å²) in [5.41, 5.74) is 0.297. The van der Waals surface area contributed by atoms with Gasteiger partial charge in [-0.15, -0.1) is 0 Å². The molecule has 0 saturated heterocycles. The molecule has 0 atom stereocenters. The molecule has 198 valence electrons. The second kappa shape index (κ2) is 11.2. The van der Waals surface area contributed by atoms with Crippen molar-refractivity contribution in [3.8, 4) is 22.6 Å². The lowest BCUT2D eigenvalue weighted by Crippen LogP contribution is -2.14. The number of hydrogen-bond acceptors (Lipinski definition) is 9. The summed E-state index contributed by atoms with van der Waals surface area (Å²) in [7, 11) is -4.13. The van der Waals surface area contributed by atoms with E-state index >= 15 is 0 Å². The highest BCUT2D eigenvalue weighted by atomic mass is 32.2. The summed E-state index contributed by atoms with van der Waals surface area (Å²) in [4.78, 5) is 12.2. The fraction of sp³-hybridized carbons (Fsp3) is 0.154. The molecule has 0 amide bonds. The van der Waals surface area contributed by atoms with E-state index in [-0.39, 0.29) is 39.6 Å². The number of benzene rings is 3. The summed E-state index contributed by atoms with van der Waals surface area (Å²) in [6.07, 6.45) is 0.475. The van der Waals surface area contributed by atoms with Crippen LogP contribution in [0.1, 0.15) is 22.5 Å². The lowest BCUT2D eigenvalue weighted by atomic mass is 10.0. The number of ether oxygens (including phenoxy) is 1. The highest BCUT2D eigenvalue weighted by Gasteiger charge is 2.19. The third kappa shape index (κ3) is 6.40. The van der Waals surface area contributed by atoms with E-state index in [1.165, 1.54) is 42.5 Å². The van der Waals surface area contributed by atoms with Crippen molar-refractivity contribution in [3.05, 3.63) is 83.9 Å². The van der Waals surface area contributed by atoms with Crippen LogP contribution in [0.5, 0.6) is 11.5 Å². The van der Waals surface area contributed by atoms with Crippen molar-refractivity contribution in [2.75, 3.05) is 23.2 Å². The maximum absolute atomic E-state index is 13.6. The van der Waals surface area contributed by atoms with E-state index in [0.29, 0.717) is 24.5 Å². The fourth-order valence-corrected chi connectivity index (χ4v) is 4.63. The molecule has 38 heavy (non-hydrogen) atoms. The molecule has 4 rings (SSSR count). The Labute approximate surface area is 217 Å². The first-order valence-electron chi connectivity index (χ1n) is 11.4. The smallest absolute Gasteiger partial charge is 0.341 e. The summed E-state index contributed by atoms with van der Waals surface area (Å²) in [6.45, 7) is 2.32. The van der Waals surface area contributed by atoms with Crippen molar-refractivity contribution in [1.29, 1.82) is 0 Å². The van der Waals surface area contributed by atoms with E-state index in [1.54, 1.807) is 13.0 Å². The maximum Gasteiger partial charge on any atom is 0.341 e. The number of esters is 1. The van der Waals surface area contributed by atoms with Crippen molar-refractivity contribution in [2.24, 2.45) is 0 Å². The van der Waals surface area contributed by atoms with Crippen LogP contribution >= 0.6 is 0 Å². The molecule has 0 aliphatic rings. The first-order valence-corrected chi connectivity index (χ1v) is 12.9. The van der Waals surface area contributed by atoms with Gasteiger partial charge in [-0.2, -0.15) is 0 Å². The molecule has 0 bridgehead atoms. The second-order valence-electron chi connectivity index (χ2n) is 8.27. The number of halogens is 1. The van der Waals surface area contributed by atoms with Crippen LogP contribution in [-0.4, -0.2) is 42.9 Å². The van der Waals surface area contributed by atoms with Gasteiger partial charge in [0.2, 0.25) is 0 Å². The number of anilines is 2. The van der Waals surface area contributed by atoms with Gasteiger partial charge in [0.25, 0.3) is 10.0 Å². The molecular weight excluding hydrogens is 517 g/mol. The third-order valence-electron chi connectivity index (χ3n) is 5.37. The Morgan fingerprint density at radius 2 is 1.87 bits per heavy atom. The minimum atomic E-state index is -4.13. The molecule has 4 aromatic rings. The lowest BCUT2D eigenvalue weighted by molar-refractivity contribution is 0.0500. The highest BCUT2D eigenvalue weighted by molar-refractivity contribution is 7.92. The van der Waals surface area contributed by atoms with E-state index in [4.69, 9.17) is 9.26 Å². The first-order chi connectivity index (χ1) is 18.1. The molecule has 0 spiro atoms. The topological polar surface area (TPSA) is 151 Å². The number of hydrogen-bond donors (Lipinski definition) is 4. The zero-order valence-corrected chi connectivity index (χ0v) is 21.0. The van der Waals surface area contributed by atoms with Crippen LogP contribution in [0.4, 0.5) is 15.9 Å². The molecule has 0 aliphatic carbocycles. The monoisotopic (exact) mass is 541 g/mol. The molecule has 0 unspecified atom stereocenters. The van der Waals surface area contributed by atoms with Gasteiger partial charge in [-0.3, -0.25) is 4.72 Å². The quantitative estimate of drug-likeness (QED) is 0.166. The molecule has 0 fully saturated rings. The Morgan fingerprint density at radius 3 is 2.61 bits per heavy atom. The number of nitrogens with zero attached hydrogens (tertiary/aromatic N) is 1. The fourth-order valence-electron chi connectivity index (χ4n) is 3.53. The first kappa shape index (κ1) is 26.5. The van der Waals surface area contributed by atoms with Gasteiger partial charge in [0, 0.05) is 24.2 Å². The van der Waals surface area contributed by atoms with Gasteiger partial charge in [-0.1, -0.05) is 17.3 Å². The molecule has 10 nitrogen and oxygen atoms in total. The van der Waals surface area contributed by atoms with Crippen LogP contribution in [0.25, 0.3) is 11.1 Å². The van der Waals surface area contributed by atoms with Gasteiger partial charge < -0.3 is 24.8 Å². The number of phenols is 2. The maximum atomic E-state index is 13.6. The number of carbonyl (C=O) groups excluding carboxylic acids is 1. The largest absolute Gasteiger partial charge is 0.507 e. The number of carbonyl (C=O) groups is 1. The molecule has 0 saturated carbocycles. The van der Waals surface area contributed by atoms with Crippen LogP contribution in [0, 0.1) is 12.7 Å². The van der Waals surface area contributed by atoms with E-state index in [1.807, 2.05) is 0 Å². The Morgan fingerprint density at radius 1 is 1.05 bits per heavy atom. The van der Waals surface area contributed by atoms with E-state index < -0.39 is 27.6 Å². The predicted octanol–water partition coefficient (Wildman–Crippen LogP) is 4.66. The molecule has 4 N–H and O–H groups in total. The summed E-state index contributed by atoms with van der Waals surface area (Å²) >= 11 is 0. The zero-order chi connectivity index (χ0) is 27.3. The number of sulfonamides is 1. The van der Waals surface area contributed by atoms with Crippen LogP contribution in [0.2, 0.25) is 0 Å². The van der Waals surface area contributed by atoms with Gasteiger partial charge in [0.1, 0.15) is 28.6 Å². The summed E-state index contributed by atoms with van der Waals surface area (Å²) < 4.78 is 51.9. The average Bonchev–Trinajstić information content (AvgIpc) is 3.30. The van der Waals surface area contributed by atoms with Gasteiger partial charge in [0.15, 0.2) is 5.82 Å². The van der Waals surface area contributed by atoms with Crippen LogP contribution in [0.3, 0.4) is 0 Å². The Kier molecular flexibility index (Phi) is 7.82. The minimum absolute atomic E-state index is 0.00478. The molecule has 0 aliphatic heterocycles. The standard InChI is InChI=1S/C26H24FN3O7S/c1-16-12-25(29-37-16)28-10-3-11-36-26(33)21-8-7-19(15-24(21)32)30-38(34,35)20-5-2-4-17(13-20)22-14-18(27)6-9-23(22)31/h2,4-9,12-15,30-32H,3,10-11H2,1H3,(H,28,29).